The first kappa shape index (κ1) is 19.6. The number of carbonyl (C=O) groups excluding carboxylic acids is 2. The average molecular weight is 370 g/mol. The van der Waals surface area contributed by atoms with Gasteiger partial charge in [0, 0.05) is 38.2 Å². The van der Waals surface area contributed by atoms with Crippen LogP contribution in [-0.2, 0) is 14.3 Å². The van der Waals surface area contributed by atoms with Crippen LogP contribution in [0.1, 0.15) is 43.7 Å². The molecule has 0 aliphatic carbocycles. The Labute approximate surface area is 162 Å². The highest BCUT2D eigenvalue weighted by atomic mass is 16.5. The lowest BCUT2D eigenvalue weighted by atomic mass is 9.95. The summed E-state index contributed by atoms with van der Waals surface area (Å²) in [6.45, 7) is 8.28. The van der Waals surface area contributed by atoms with E-state index in [2.05, 4.69) is 26.0 Å². The number of benzene rings is 1. The van der Waals surface area contributed by atoms with Crippen molar-refractivity contribution in [3.63, 3.8) is 0 Å². The van der Waals surface area contributed by atoms with Crippen molar-refractivity contribution in [3.8, 4) is 0 Å². The second kappa shape index (κ2) is 9.18. The van der Waals surface area contributed by atoms with Gasteiger partial charge in [0.25, 0.3) is 0 Å². The van der Waals surface area contributed by atoms with Gasteiger partial charge < -0.3 is 14.5 Å². The van der Waals surface area contributed by atoms with Crippen molar-refractivity contribution in [2.45, 2.75) is 32.6 Å². The maximum Gasteiger partial charge on any atom is 0.246 e. The third kappa shape index (κ3) is 5.19. The van der Waals surface area contributed by atoms with Gasteiger partial charge in [0.1, 0.15) is 0 Å². The number of ether oxygens (including phenoxy) is 1. The van der Waals surface area contributed by atoms with E-state index in [1.807, 2.05) is 28.0 Å². The van der Waals surface area contributed by atoms with Crippen LogP contribution >= 0.6 is 0 Å². The molecule has 0 aromatic heterocycles. The third-order valence-corrected chi connectivity index (χ3v) is 5.50. The van der Waals surface area contributed by atoms with Gasteiger partial charge in [-0.3, -0.25) is 9.59 Å². The summed E-state index contributed by atoms with van der Waals surface area (Å²) in [7, 11) is 0. The van der Waals surface area contributed by atoms with E-state index in [-0.39, 0.29) is 17.7 Å². The van der Waals surface area contributed by atoms with Gasteiger partial charge in [-0.15, -0.1) is 0 Å². The molecule has 2 amide bonds. The first-order chi connectivity index (χ1) is 13.0. The van der Waals surface area contributed by atoms with Crippen molar-refractivity contribution in [3.05, 3.63) is 41.5 Å². The van der Waals surface area contributed by atoms with E-state index < -0.39 is 0 Å². The zero-order valence-corrected chi connectivity index (χ0v) is 16.4. The highest BCUT2D eigenvalue weighted by Gasteiger charge is 2.30. The van der Waals surface area contributed by atoms with Crippen molar-refractivity contribution in [2.24, 2.45) is 5.92 Å². The predicted molar refractivity (Wildman–Crippen MR) is 106 cm³/mol. The molecule has 2 fully saturated rings. The lowest BCUT2D eigenvalue weighted by Crippen LogP contribution is -2.47. The lowest BCUT2D eigenvalue weighted by molar-refractivity contribution is -0.142. The first-order valence-electron chi connectivity index (χ1n) is 9.98. The molecular weight excluding hydrogens is 340 g/mol. The van der Waals surface area contributed by atoms with E-state index in [1.54, 1.807) is 6.08 Å². The summed E-state index contributed by atoms with van der Waals surface area (Å²) in [4.78, 5) is 28.8. The van der Waals surface area contributed by atoms with Crippen molar-refractivity contribution < 1.29 is 14.3 Å². The molecule has 2 aliphatic rings. The molecular formula is C22H30N2O3. The molecule has 0 N–H and O–H groups in total. The number of hydrogen-bond acceptors (Lipinski definition) is 3. The van der Waals surface area contributed by atoms with Crippen LogP contribution in [0.5, 0.6) is 0 Å². The molecule has 5 nitrogen and oxygen atoms in total. The second-order valence-corrected chi connectivity index (χ2v) is 7.69. The fourth-order valence-corrected chi connectivity index (χ4v) is 3.65. The van der Waals surface area contributed by atoms with Crippen molar-refractivity contribution >= 4 is 17.9 Å². The molecule has 0 radical (unpaired) electrons. The summed E-state index contributed by atoms with van der Waals surface area (Å²) in [5, 5.41) is 0. The highest BCUT2D eigenvalue weighted by Crippen LogP contribution is 2.21. The molecule has 0 saturated carbocycles. The molecule has 1 aromatic rings. The monoisotopic (exact) mass is 370 g/mol. The predicted octanol–water partition coefficient (Wildman–Crippen LogP) is 2.92. The Morgan fingerprint density at radius 3 is 2.22 bits per heavy atom. The van der Waals surface area contributed by atoms with Gasteiger partial charge in [-0.2, -0.15) is 0 Å². The van der Waals surface area contributed by atoms with Crippen molar-refractivity contribution in [1.29, 1.82) is 0 Å². The number of amides is 2. The molecule has 27 heavy (non-hydrogen) atoms. The van der Waals surface area contributed by atoms with E-state index in [0.29, 0.717) is 45.3 Å². The molecule has 2 aliphatic heterocycles. The largest absolute Gasteiger partial charge is 0.378 e. The topological polar surface area (TPSA) is 49.9 Å². The maximum atomic E-state index is 12.6. The highest BCUT2D eigenvalue weighted by molar-refractivity contribution is 5.92. The second-order valence-electron chi connectivity index (χ2n) is 7.69. The number of piperidine rings is 1. The smallest absolute Gasteiger partial charge is 0.246 e. The Hall–Kier alpha value is -2.14. The van der Waals surface area contributed by atoms with Gasteiger partial charge in [0.05, 0.1) is 13.2 Å². The number of nitrogens with zero attached hydrogens (tertiary/aromatic N) is 2. The van der Waals surface area contributed by atoms with E-state index in [1.165, 1.54) is 5.56 Å². The minimum atomic E-state index is 0.0280. The quantitative estimate of drug-likeness (QED) is 0.766. The first-order valence-corrected chi connectivity index (χ1v) is 9.98. The average Bonchev–Trinajstić information content (AvgIpc) is 2.72. The van der Waals surface area contributed by atoms with E-state index in [9.17, 15) is 9.59 Å². The minimum absolute atomic E-state index is 0.0280. The third-order valence-electron chi connectivity index (χ3n) is 5.50. The van der Waals surface area contributed by atoms with Crippen LogP contribution in [0.4, 0.5) is 0 Å². The number of likely N-dealkylation sites (tertiary alicyclic amines) is 1. The van der Waals surface area contributed by atoms with Crippen LogP contribution in [0.15, 0.2) is 30.3 Å². The van der Waals surface area contributed by atoms with Crippen molar-refractivity contribution in [1.82, 2.24) is 9.80 Å². The maximum absolute atomic E-state index is 12.6. The van der Waals surface area contributed by atoms with Gasteiger partial charge in [-0.1, -0.05) is 38.1 Å². The van der Waals surface area contributed by atoms with Gasteiger partial charge in [0.2, 0.25) is 11.8 Å². The molecule has 2 saturated heterocycles. The summed E-state index contributed by atoms with van der Waals surface area (Å²) in [5.41, 5.74) is 2.33. The Morgan fingerprint density at radius 1 is 1.00 bits per heavy atom. The zero-order valence-electron chi connectivity index (χ0n) is 16.4. The SMILES string of the molecule is CC(C)c1ccc(/C=C/C(=O)N2CCC(C(=O)N3CCOCC3)CC2)cc1. The van der Waals surface area contributed by atoms with Gasteiger partial charge in [-0.25, -0.2) is 0 Å². The summed E-state index contributed by atoms with van der Waals surface area (Å²) < 4.78 is 5.31. The van der Waals surface area contributed by atoms with Crippen LogP contribution < -0.4 is 0 Å². The summed E-state index contributed by atoms with van der Waals surface area (Å²) >= 11 is 0. The van der Waals surface area contributed by atoms with E-state index >= 15 is 0 Å². The van der Waals surface area contributed by atoms with E-state index in [4.69, 9.17) is 4.74 Å². The van der Waals surface area contributed by atoms with Crippen LogP contribution in [0.2, 0.25) is 0 Å². The molecule has 1 aromatic carbocycles. The summed E-state index contributed by atoms with van der Waals surface area (Å²) in [6, 6.07) is 8.31. The van der Waals surface area contributed by atoms with Gasteiger partial charge >= 0.3 is 0 Å². The van der Waals surface area contributed by atoms with Crippen LogP contribution in [0.25, 0.3) is 6.08 Å². The molecule has 0 atom stereocenters. The molecule has 0 unspecified atom stereocenters. The number of hydrogen-bond donors (Lipinski definition) is 0. The Morgan fingerprint density at radius 2 is 1.63 bits per heavy atom. The molecule has 0 bridgehead atoms. The van der Waals surface area contributed by atoms with E-state index in [0.717, 1.165) is 18.4 Å². The molecule has 2 heterocycles. The van der Waals surface area contributed by atoms with Crippen LogP contribution in [0, 0.1) is 5.92 Å². The number of rotatable bonds is 4. The Balaban J connectivity index is 1.48. The lowest BCUT2D eigenvalue weighted by Gasteiger charge is -2.35. The minimum Gasteiger partial charge on any atom is -0.378 e. The molecule has 146 valence electrons. The summed E-state index contributed by atoms with van der Waals surface area (Å²) in [5.74, 6) is 0.803. The fraction of sp³-hybridized carbons (Fsp3) is 0.545. The fourth-order valence-electron chi connectivity index (χ4n) is 3.65. The van der Waals surface area contributed by atoms with Crippen LogP contribution in [-0.4, -0.2) is 61.0 Å². The van der Waals surface area contributed by atoms with Gasteiger partial charge in [-0.05, 0) is 36.0 Å². The normalized spacial score (nSPS) is 19.1. The number of morpholine rings is 1. The van der Waals surface area contributed by atoms with Crippen molar-refractivity contribution in [2.75, 3.05) is 39.4 Å². The van der Waals surface area contributed by atoms with Crippen LogP contribution in [0.3, 0.4) is 0 Å². The molecule has 3 rings (SSSR count). The summed E-state index contributed by atoms with van der Waals surface area (Å²) in [6.07, 6.45) is 5.02. The Bertz CT molecular complexity index is 667. The Kier molecular flexibility index (Phi) is 6.67. The number of carbonyl (C=O) groups is 2. The standard InChI is InChI=1S/C22H30N2O3/c1-17(2)19-6-3-18(4-7-19)5-8-21(25)23-11-9-20(10-12-23)22(26)24-13-15-27-16-14-24/h3-8,17,20H,9-16H2,1-2H3/b8-5+. The van der Waals surface area contributed by atoms with Gasteiger partial charge in [0.15, 0.2) is 0 Å². The zero-order chi connectivity index (χ0) is 19.2. The molecule has 0 spiro atoms. The molecule has 5 heteroatoms.